The number of piperidine rings is 1. The second-order valence-electron chi connectivity index (χ2n) is 9.00. The Labute approximate surface area is 184 Å². The van der Waals surface area contributed by atoms with Gasteiger partial charge in [0.15, 0.2) is 0 Å². The van der Waals surface area contributed by atoms with Gasteiger partial charge in [-0.25, -0.2) is 8.78 Å². The smallest absolute Gasteiger partial charge is 0.227 e. The molecule has 1 aromatic carbocycles. The van der Waals surface area contributed by atoms with E-state index < -0.39 is 6.17 Å². The Balaban J connectivity index is 1.66. The molecule has 0 aromatic heterocycles. The highest BCUT2D eigenvalue weighted by atomic mass is 19.1. The predicted octanol–water partition coefficient (Wildman–Crippen LogP) is 4.51. The van der Waals surface area contributed by atoms with E-state index in [1.807, 2.05) is 37.9 Å². The Morgan fingerprint density at radius 1 is 1.29 bits per heavy atom. The summed E-state index contributed by atoms with van der Waals surface area (Å²) in [6, 6.07) is 6.16. The maximum absolute atomic E-state index is 14.7. The highest BCUT2D eigenvalue weighted by Crippen LogP contribution is 2.24. The standard InChI is InChI=1S/C25H34F2N2O2/c1-18(2)31-23-10-6-19(7-11-23)14-25(30)29(15-20-4-8-22(26)9-5-20)16-21-12-13-28(3)17-24(21)27/h4-10,18,21,23-24H,11-17H2,1-3H3/t21-,23?,24-/m0/s1. The molecule has 0 N–H and O–H groups in total. The van der Waals surface area contributed by atoms with Gasteiger partial charge in [0.1, 0.15) is 12.0 Å². The maximum Gasteiger partial charge on any atom is 0.227 e. The molecule has 0 bridgehead atoms. The third kappa shape index (κ3) is 7.25. The number of hydrogen-bond acceptors (Lipinski definition) is 3. The third-order valence-corrected chi connectivity index (χ3v) is 5.91. The van der Waals surface area contributed by atoms with Crippen molar-refractivity contribution in [3.8, 4) is 0 Å². The highest BCUT2D eigenvalue weighted by Gasteiger charge is 2.30. The summed E-state index contributed by atoms with van der Waals surface area (Å²) in [5.41, 5.74) is 1.80. The Kier molecular flexibility index (Phi) is 8.38. The van der Waals surface area contributed by atoms with Crippen LogP contribution in [0.1, 0.15) is 38.7 Å². The van der Waals surface area contributed by atoms with E-state index in [0.717, 1.165) is 30.5 Å². The molecule has 4 nitrogen and oxygen atoms in total. The van der Waals surface area contributed by atoms with Crippen LogP contribution >= 0.6 is 0 Å². The summed E-state index contributed by atoms with van der Waals surface area (Å²) in [7, 11) is 1.92. The number of carbonyl (C=O) groups is 1. The molecular formula is C25H34F2N2O2. The van der Waals surface area contributed by atoms with E-state index >= 15 is 0 Å². The zero-order valence-electron chi connectivity index (χ0n) is 18.8. The summed E-state index contributed by atoms with van der Waals surface area (Å²) in [6.45, 7) is 5.97. The summed E-state index contributed by atoms with van der Waals surface area (Å²) < 4.78 is 33.8. The van der Waals surface area contributed by atoms with Crippen LogP contribution in [0.15, 0.2) is 48.1 Å². The van der Waals surface area contributed by atoms with Gasteiger partial charge in [-0.15, -0.1) is 0 Å². The van der Waals surface area contributed by atoms with Gasteiger partial charge in [-0.3, -0.25) is 4.79 Å². The molecule has 0 spiro atoms. The molecule has 1 aliphatic heterocycles. The molecule has 0 radical (unpaired) electrons. The van der Waals surface area contributed by atoms with Crippen molar-refractivity contribution in [2.24, 2.45) is 5.92 Å². The number of carbonyl (C=O) groups excluding carboxylic acids is 1. The first-order valence-corrected chi connectivity index (χ1v) is 11.2. The van der Waals surface area contributed by atoms with Crippen LogP contribution in [0.25, 0.3) is 0 Å². The molecule has 31 heavy (non-hydrogen) atoms. The summed E-state index contributed by atoms with van der Waals surface area (Å²) in [6.07, 6.45) is 6.99. The van der Waals surface area contributed by atoms with Crippen LogP contribution < -0.4 is 0 Å². The molecule has 170 valence electrons. The number of likely N-dealkylation sites (tertiary alicyclic amines) is 1. The van der Waals surface area contributed by atoms with Crippen LogP contribution in [-0.2, 0) is 16.1 Å². The summed E-state index contributed by atoms with van der Waals surface area (Å²) in [5, 5.41) is 0. The number of ether oxygens (including phenoxy) is 1. The lowest BCUT2D eigenvalue weighted by atomic mass is 9.94. The Hall–Kier alpha value is -2.05. The first-order valence-electron chi connectivity index (χ1n) is 11.2. The number of allylic oxidation sites excluding steroid dienone is 1. The normalized spacial score (nSPS) is 24.3. The van der Waals surface area contributed by atoms with Gasteiger partial charge in [-0.2, -0.15) is 0 Å². The van der Waals surface area contributed by atoms with E-state index in [0.29, 0.717) is 19.6 Å². The molecule has 1 heterocycles. The van der Waals surface area contributed by atoms with Crippen molar-refractivity contribution >= 4 is 5.91 Å². The van der Waals surface area contributed by atoms with Crippen molar-refractivity contribution in [1.29, 1.82) is 0 Å². The average Bonchev–Trinajstić information content (AvgIpc) is 2.72. The van der Waals surface area contributed by atoms with Crippen molar-refractivity contribution < 1.29 is 18.3 Å². The number of amides is 1. The SMILES string of the molecule is CC(C)OC1C=CC(CC(=O)N(Cc2ccc(F)cc2)C[C@@H]2CCN(C)C[C@@H]2F)=CC1. The van der Waals surface area contributed by atoms with Crippen LogP contribution in [0.2, 0.25) is 0 Å². The second kappa shape index (κ2) is 11.0. The second-order valence-corrected chi connectivity index (χ2v) is 9.00. The monoisotopic (exact) mass is 432 g/mol. The summed E-state index contributed by atoms with van der Waals surface area (Å²) in [4.78, 5) is 16.9. The fourth-order valence-corrected chi connectivity index (χ4v) is 4.17. The minimum absolute atomic E-state index is 0.0328. The van der Waals surface area contributed by atoms with Crippen LogP contribution in [0.5, 0.6) is 0 Å². The molecular weight excluding hydrogens is 398 g/mol. The molecule has 1 saturated heterocycles. The minimum Gasteiger partial charge on any atom is -0.371 e. The quantitative estimate of drug-likeness (QED) is 0.606. The fraction of sp³-hybridized carbons (Fsp3) is 0.560. The van der Waals surface area contributed by atoms with Gasteiger partial charge < -0.3 is 14.5 Å². The van der Waals surface area contributed by atoms with Crippen LogP contribution in [0.4, 0.5) is 8.78 Å². The van der Waals surface area contributed by atoms with E-state index in [1.165, 1.54) is 12.1 Å². The van der Waals surface area contributed by atoms with E-state index in [9.17, 15) is 13.6 Å². The third-order valence-electron chi connectivity index (χ3n) is 5.91. The number of alkyl halides is 1. The number of benzene rings is 1. The van der Waals surface area contributed by atoms with Gasteiger partial charge in [-0.05, 0) is 63.6 Å². The lowest BCUT2D eigenvalue weighted by Gasteiger charge is -2.36. The topological polar surface area (TPSA) is 32.8 Å². The maximum atomic E-state index is 14.7. The van der Waals surface area contributed by atoms with E-state index in [4.69, 9.17) is 4.74 Å². The zero-order chi connectivity index (χ0) is 22.4. The predicted molar refractivity (Wildman–Crippen MR) is 119 cm³/mol. The zero-order valence-corrected chi connectivity index (χ0v) is 18.8. The van der Waals surface area contributed by atoms with Crippen molar-refractivity contribution in [2.45, 2.75) is 58.0 Å². The largest absolute Gasteiger partial charge is 0.371 e. The number of rotatable bonds is 8. The molecule has 3 rings (SSSR count). The van der Waals surface area contributed by atoms with Gasteiger partial charge in [0.05, 0.1) is 18.6 Å². The average molecular weight is 433 g/mol. The molecule has 1 aliphatic carbocycles. The Morgan fingerprint density at radius 3 is 2.65 bits per heavy atom. The molecule has 1 fully saturated rings. The Bertz CT molecular complexity index is 791. The lowest BCUT2D eigenvalue weighted by molar-refractivity contribution is -0.132. The number of halogens is 2. The molecule has 1 amide bonds. The van der Waals surface area contributed by atoms with Crippen LogP contribution in [-0.4, -0.2) is 60.8 Å². The van der Waals surface area contributed by atoms with Gasteiger partial charge in [0.2, 0.25) is 5.91 Å². The molecule has 2 aliphatic rings. The molecule has 1 aromatic rings. The first-order chi connectivity index (χ1) is 14.8. The Morgan fingerprint density at radius 2 is 2.03 bits per heavy atom. The van der Waals surface area contributed by atoms with E-state index in [2.05, 4.69) is 6.08 Å². The lowest BCUT2D eigenvalue weighted by Crippen LogP contribution is -2.45. The molecule has 3 atom stereocenters. The first kappa shape index (κ1) is 23.6. The van der Waals surface area contributed by atoms with Crippen LogP contribution in [0.3, 0.4) is 0 Å². The van der Waals surface area contributed by atoms with Gasteiger partial charge in [0.25, 0.3) is 0 Å². The van der Waals surface area contributed by atoms with E-state index in [1.54, 1.807) is 17.0 Å². The summed E-state index contributed by atoms with van der Waals surface area (Å²) in [5.74, 6) is -0.522. The van der Waals surface area contributed by atoms with Gasteiger partial charge >= 0.3 is 0 Å². The van der Waals surface area contributed by atoms with Crippen molar-refractivity contribution in [3.63, 3.8) is 0 Å². The highest BCUT2D eigenvalue weighted by molar-refractivity contribution is 5.79. The molecule has 1 unspecified atom stereocenters. The molecule has 6 heteroatoms. The van der Waals surface area contributed by atoms with Crippen molar-refractivity contribution in [3.05, 3.63) is 59.4 Å². The van der Waals surface area contributed by atoms with Gasteiger partial charge in [0, 0.05) is 25.6 Å². The van der Waals surface area contributed by atoms with Gasteiger partial charge in [-0.1, -0.05) is 30.4 Å². The number of nitrogens with zero attached hydrogens (tertiary/aromatic N) is 2. The summed E-state index contributed by atoms with van der Waals surface area (Å²) >= 11 is 0. The number of hydrogen-bond donors (Lipinski definition) is 0. The molecule has 0 saturated carbocycles. The fourth-order valence-electron chi connectivity index (χ4n) is 4.17. The van der Waals surface area contributed by atoms with Crippen molar-refractivity contribution in [1.82, 2.24) is 9.80 Å². The minimum atomic E-state index is -0.954. The van der Waals surface area contributed by atoms with Crippen LogP contribution in [0, 0.1) is 11.7 Å². The van der Waals surface area contributed by atoms with Crippen molar-refractivity contribution in [2.75, 3.05) is 26.7 Å². The van der Waals surface area contributed by atoms with E-state index in [-0.39, 0.29) is 36.3 Å².